The van der Waals surface area contributed by atoms with Crippen molar-refractivity contribution < 1.29 is 9.31 Å². The standard InChI is InChI=1S/C13H20BNO2.H3N/c1-9-10(2)15-8-7-11(9)14-16-12(3,4)13(5,6)17-14;/h7-8H,1-6H3;1H3. The molecule has 1 aromatic heterocycles. The van der Waals surface area contributed by atoms with Crippen molar-refractivity contribution in [2.45, 2.75) is 52.7 Å². The van der Waals surface area contributed by atoms with Gasteiger partial charge in [-0.2, -0.15) is 0 Å². The Labute approximate surface area is 110 Å². The van der Waals surface area contributed by atoms with Crippen LogP contribution in [0.2, 0.25) is 0 Å². The van der Waals surface area contributed by atoms with Gasteiger partial charge < -0.3 is 15.5 Å². The Bertz CT molecular complexity index is 431. The van der Waals surface area contributed by atoms with E-state index in [4.69, 9.17) is 9.31 Å². The minimum Gasteiger partial charge on any atom is -0.399 e. The zero-order valence-electron chi connectivity index (χ0n) is 12.2. The molecule has 2 rings (SSSR count). The molecule has 2 heterocycles. The molecule has 0 unspecified atom stereocenters. The zero-order chi connectivity index (χ0) is 12.8. The molecular weight excluding hydrogens is 227 g/mol. The molecule has 3 N–H and O–H groups in total. The van der Waals surface area contributed by atoms with Crippen LogP contribution in [0.3, 0.4) is 0 Å². The van der Waals surface area contributed by atoms with Gasteiger partial charge >= 0.3 is 7.12 Å². The topological polar surface area (TPSA) is 66.3 Å². The van der Waals surface area contributed by atoms with Crippen molar-refractivity contribution in [3.8, 4) is 0 Å². The van der Waals surface area contributed by atoms with Gasteiger partial charge in [0.1, 0.15) is 0 Å². The fraction of sp³-hybridized carbons (Fsp3) is 0.615. The van der Waals surface area contributed by atoms with Crippen molar-refractivity contribution in [2.24, 2.45) is 0 Å². The van der Waals surface area contributed by atoms with Crippen molar-refractivity contribution in [3.63, 3.8) is 0 Å². The summed E-state index contributed by atoms with van der Waals surface area (Å²) in [6.45, 7) is 12.3. The highest BCUT2D eigenvalue weighted by Crippen LogP contribution is 2.36. The number of hydrogen-bond acceptors (Lipinski definition) is 4. The molecule has 1 fully saturated rings. The predicted octanol–water partition coefficient (Wildman–Crippen LogP) is 2.16. The van der Waals surface area contributed by atoms with E-state index in [1.165, 1.54) is 0 Å². The Balaban J connectivity index is 0.00000162. The summed E-state index contributed by atoms with van der Waals surface area (Å²) >= 11 is 0. The Morgan fingerprint density at radius 3 is 2.06 bits per heavy atom. The highest BCUT2D eigenvalue weighted by molar-refractivity contribution is 6.62. The van der Waals surface area contributed by atoms with E-state index in [-0.39, 0.29) is 24.5 Å². The van der Waals surface area contributed by atoms with Gasteiger partial charge in [0.2, 0.25) is 0 Å². The normalized spacial score (nSPS) is 20.7. The lowest BCUT2D eigenvalue weighted by atomic mass is 9.76. The molecule has 100 valence electrons. The van der Waals surface area contributed by atoms with Gasteiger partial charge in [-0.05, 0) is 58.6 Å². The number of pyridine rings is 1. The maximum absolute atomic E-state index is 6.04. The summed E-state index contributed by atoms with van der Waals surface area (Å²) < 4.78 is 12.1. The van der Waals surface area contributed by atoms with Crippen LogP contribution in [0.25, 0.3) is 0 Å². The summed E-state index contributed by atoms with van der Waals surface area (Å²) in [6.07, 6.45) is 1.81. The van der Waals surface area contributed by atoms with Crippen molar-refractivity contribution in [1.29, 1.82) is 0 Å². The predicted molar refractivity (Wildman–Crippen MR) is 74.4 cm³/mol. The largest absolute Gasteiger partial charge is 0.495 e. The SMILES string of the molecule is Cc1nccc(B2OC(C)(C)C(C)(C)O2)c1C.N. The third kappa shape index (κ3) is 2.30. The number of nitrogens with zero attached hydrogens (tertiary/aromatic N) is 1. The molecule has 0 atom stereocenters. The molecule has 1 saturated heterocycles. The van der Waals surface area contributed by atoms with Gasteiger partial charge in [0, 0.05) is 11.9 Å². The fourth-order valence-electron chi connectivity index (χ4n) is 1.89. The van der Waals surface area contributed by atoms with E-state index >= 15 is 0 Å². The quantitative estimate of drug-likeness (QED) is 0.775. The van der Waals surface area contributed by atoms with Crippen LogP contribution in [0.1, 0.15) is 39.0 Å². The number of aryl methyl sites for hydroxylation is 1. The zero-order valence-corrected chi connectivity index (χ0v) is 12.2. The Morgan fingerprint density at radius 1 is 1.06 bits per heavy atom. The molecule has 0 saturated carbocycles. The molecule has 4 nitrogen and oxygen atoms in total. The van der Waals surface area contributed by atoms with Crippen LogP contribution in [0.15, 0.2) is 12.3 Å². The van der Waals surface area contributed by atoms with E-state index in [0.29, 0.717) is 0 Å². The third-order valence-electron chi connectivity index (χ3n) is 4.01. The second-order valence-corrected chi connectivity index (χ2v) is 5.70. The summed E-state index contributed by atoms with van der Waals surface area (Å²) in [5.41, 5.74) is 2.67. The van der Waals surface area contributed by atoms with E-state index < -0.39 is 0 Å². The molecule has 5 heteroatoms. The second kappa shape index (κ2) is 4.65. The summed E-state index contributed by atoms with van der Waals surface area (Å²) in [6, 6.07) is 1.98. The third-order valence-corrected chi connectivity index (χ3v) is 4.01. The smallest absolute Gasteiger partial charge is 0.399 e. The molecule has 0 aliphatic carbocycles. The van der Waals surface area contributed by atoms with Crippen LogP contribution < -0.4 is 11.6 Å². The number of hydrogen-bond donors (Lipinski definition) is 1. The summed E-state index contributed by atoms with van der Waals surface area (Å²) in [5.74, 6) is 0. The van der Waals surface area contributed by atoms with E-state index in [1.54, 1.807) is 0 Å². The molecule has 0 spiro atoms. The van der Waals surface area contributed by atoms with Gasteiger partial charge in [0.05, 0.1) is 11.2 Å². The first-order valence-corrected chi connectivity index (χ1v) is 6.02. The van der Waals surface area contributed by atoms with Gasteiger partial charge in [-0.3, -0.25) is 4.98 Å². The molecule has 0 bridgehead atoms. The molecule has 1 aliphatic rings. The monoisotopic (exact) mass is 250 g/mol. The van der Waals surface area contributed by atoms with E-state index in [2.05, 4.69) is 39.6 Å². The molecule has 18 heavy (non-hydrogen) atoms. The van der Waals surface area contributed by atoms with E-state index in [9.17, 15) is 0 Å². The van der Waals surface area contributed by atoms with Crippen LogP contribution in [0, 0.1) is 13.8 Å². The molecule has 1 aromatic rings. The minimum atomic E-state index is -0.290. The first-order valence-electron chi connectivity index (χ1n) is 6.02. The first-order chi connectivity index (χ1) is 7.74. The van der Waals surface area contributed by atoms with Gasteiger partial charge in [-0.25, -0.2) is 0 Å². The molecule has 0 radical (unpaired) electrons. The Morgan fingerprint density at radius 2 is 1.56 bits per heavy atom. The highest BCUT2D eigenvalue weighted by Gasteiger charge is 2.52. The molecular formula is C13H23BN2O2. The summed E-state index contributed by atoms with van der Waals surface area (Å²) in [4.78, 5) is 4.27. The van der Waals surface area contributed by atoms with Gasteiger partial charge in [-0.1, -0.05) is 0 Å². The van der Waals surface area contributed by atoms with Crippen LogP contribution in [-0.2, 0) is 9.31 Å². The summed E-state index contributed by atoms with van der Waals surface area (Å²) in [7, 11) is -0.290. The van der Waals surface area contributed by atoms with Crippen molar-refractivity contribution >= 4 is 12.6 Å². The average molecular weight is 250 g/mol. The maximum Gasteiger partial charge on any atom is 0.495 e. The van der Waals surface area contributed by atoms with Gasteiger partial charge in [0.15, 0.2) is 0 Å². The van der Waals surface area contributed by atoms with Crippen LogP contribution in [-0.4, -0.2) is 23.3 Å². The van der Waals surface area contributed by atoms with Crippen LogP contribution in [0.4, 0.5) is 0 Å². The van der Waals surface area contributed by atoms with Gasteiger partial charge in [0.25, 0.3) is 0 Å². The van der Waals surface area contributed by atoms with Crippen molar-refractivity contribution in [1.82, 2.24) is 11.1 Å². The van der Waals surface area contributed by atoms with Gasteiger partial charge in [-0.15, -0.1) is 0 Å². The van der Waals surface area contributed by atoms with E-state index in [1.807, 2.05) is 19.2 Å². The Kier molecular flexibility index (Phi) is 3.91. The first kappa shape index (κ1) is 15.2. The van der Waals surface area contributed by atoms with Crippen LogP contribution >= 0.6 is 0 Å². The maximum atomic E-state index is 6.04. The number of rotatable bonds is 1. The lowest BCUT2D eigenvalue weighted by Crippen LogP contribution is -2.41. The molecule has 0 amide bonds. The second-order valence-electron chi connectivity index (χ2n) is 5.70. The lowest BCUT2D eigenvalue weighted by molar-refractivity contribution is 0.00578. The van der Waals surface area contributed by atoms with Crippen molar-refractivity contribution in [3.05, 3.63) is 23.5 Å². The minimum absolute atomic E-state index is 0. The fourth-order valence-corrected chi connectivity index (χ4v) is 1.89. The summed E-state index contributed by atoms with van der Waals surface area (Å²) in [5, 5.41) is 0. The molecule has 1 aliphatic heterocycles. The highest BCUT2D eigenvalue weighted by atomic mass is 16.7. The van der Waals surface area contributed by atoms with Crippen LogP contribution in [0.5, 0.6) is 0 Å². The van der Waals surface area contributed by atoms with E-state index in [0.717, 1.165) is 16.7 Å². The number of aromatic nitrogens is 1. The van der Waals surface area contributed by atoms with Crippen molar-refractivity contribution in [2.75, 3.05) is 0 Å². The lowest BCUT2D eigenvalue weighted by Gasteiger charge is -2.32. The Hall–Kier alpha value is -0.905. The molecule has 0 aromatic carbocycles. The average Bonchev–Trinajstić information content (AvgIpc) is 2.40.